The van der Waals surface area contributed by atoms with Gasteiger partial charge >= 0.3 is 0 Å². The van der Waals surface area contributed by atoms with E-state index in [1.54, 1.807) is 0 Å². The molecule has 3 aromatic rings. The Bertz CT molecular complexity index is 902. The highest BCUT2D eigenvalue weighted by Gasteiger charge is 2.29. The fourth-order valence-electron chi connectivity index (χ4n) is 4.09. The SMILES string of the molecule is CN1CCN(C(=O)CCCc2c[nH]c3ccccc23)[C@H](c2ccccc2)C1. The van der Waals surface area contributed by atoms with E-state index in [4.69, 9.17) is 0 Å². The van der Waals surface area contributed by atoms with Crippen molar-refractivity contribution in [2.75, 3.05) is 26.7 Å². The average molecular weight is 361 g/mol. The van der Waals surface area contributed by atoms with Gasteiger partial charge < -0.3 is 14.8 Å². The number of amides is 1. The lowest BCUT2D eigenvalue weighted by Gasteiger charge is -2.40. The van der Waals surface area contributed by atoms with Crippen molar-refractivity contribution in [2.24, 2.45) is 0 Å². The van der Waals surface area contributed by atoms with Crippen LogP contribution in [0.1, 0.15) is 30.0 Å². The minimum Gasteiger partial charge on any atom is -0.361 e. The molecule has 0 unspecified atom stereocenters. The molecular formula is C23H27N3O. The topological polar surface area (TPSA) is 39.3 Å². The molecule has 0 bridgehead atoms. The third-order valence-electron chi connectivity index (χ3n) is 5.60. The molecule has 27 heavy (non-hydrogen) atoms. The largest absolute Gasteiger partial charge is 0.361 e. The molecular weight excluding hydrogens is 334 g/mol. The number of aryl methyl sites for hydroxylation is 1. The molecule has 1 aliphatic heterocycles. The van der Waals surface area contributed by atoms with Crippen LogP contribution in [-0.4, -0.2) is 47.4 Å². The van der Waals surface area contributed by atoms with Crippen molar-refractivity contribution in [1.82, 2.24) is 14.8 Å². The van der Waals surface area contributed by atoms with Crippen LogP contribution in [0.25, 0.3) is 10.9 Å². The summed E-state index contributed by atoms with van der Waals surface area (Å²) in [6, 6.07) is 18.9. The van der Waals surface area contributed by atoms with Gasteiger partial charge in [0.15, 0.2) is 0 Å². The smallest absolute Gasteiger partial charge is 0.223 e. The molecule has 1 aliphatic rings. The Morgan fingerprint density at radius 2 is 1.85 bits per heavy atom. The lowest BCUT2D eigenvalue weighted by atomic mass is 10.0. The summed E-state index contributed by atoms with van der Waals surface area (Å²) in [5.74, 6) is 0.275. The van der Waals surface area contributed by atoms with Gasteiger partial charge in [0.1, 0.15) is 0 Å². The second kappa shape index (κ2) is 7.97. The molecule has 0 saturated carbocycles. The van der Waals surface area contributed by atoms with Gasteiger partial charge in [-0.2, -0.15) is 0 Å². The highest BCUT2D eigenvalue weighted by molar-refractivity contribution is 5.83. The Morgan fingerprint density at radius 3 is 2.70 bits per heavy atom. The number of carbonyl (C=O) groups is 1. The summed E-state index contributed by atoms with van der Waals surface area (Å²) in [5.41, 5.74) is 3.70. The number of benzene rings is 2. The number of aromatic nitrogens is 1. The van der Waals surface area contributed by atoms with Crippen LogP contribution in [0.3, 0.4) is 0 Å². The van der Waals surface area contributed by atoms with Gasteiger partial charge in [0.2, 0.25) is 5.91 Å². The summed E-state index contributed by atoms with van der Waals surface area (Å²) in [5, 5.41) is 1.27. The maximum atomic E-state index is 13.0. The van der Waals surface area contributed by atoms with Crippen LogP contribution in [0.2, 0.25) is 0 Å². The monoisotopic (exact) mass is 361 g/mol. The normalized spacial score (nSPS) is 18.1. The Balaban J connectivity index is 1.40. The summed E-state index contributed by atoms with van der Waals surface area (Å²) in [4.78, 5) is 20.7. The Morgan fingerprint density at radius 1 is 1.07 bits per heavy atom. The van der Waals surface area contributed by atoms with E-state index in [1.165, 1.54) is 22.0 Å². The standard InChI is InChI=1S/C23H27N3O/c1-25-14-15-26(22(17-25)18-8-3-2-4-9-18)23(27)13-7-10-19-16-24-21-12-6-5-11-20(19)21/h2-6,8-9,11-12,16,22,24H,7,10,13-15,17H2,1H3/t22-/m0/s1. The Hall–Kier alpha value is -2.59. The predicted molar refractivity (Wildman–Crippen MR) is 110 cm³/mol. The van der Waals surface area contributed by atoms with Crippen LogP contribution in [0.15, 0.2) is 60.8 Å². The minimum absolute atomic E-state index is 0.158. The predicted octanol–water partition coefficient (Wildman–Crippen LogP) is 4.01. The number of rotatable bonds is 5. The van der Waals surface area contributed by atoms with Gasteiger partial charge in [-0.25, -0.2) is 0 Å². The Labute approximate surface area is 160 Å². The number of carbonyl (C=O) groups excluding carboxylic acids is 1. The van der Waals surface area contributed by atoms with E-state index in [0.717, 1.165) is 32.5 Å². The van der Waals surface area contributed by atoms with E-state index in [9.17, 15) is 4.79 Å². The van der Waals surface area contributed by atoms with Gasteiger partial charge in [0.05, 0.1) is 6.04 Å². The lowest BCUT2D eigenvalue weighted by molar-refractivity contribution is -0.136. The molecule has 0 radical (unpaired) electrons. The minimum atomic E-state index is 0.158. The first-order valence-electron chi connectivity index (χ1n) is 9.80. The molecule has 140 valence electrons. The molecule has 1 amide bonds. The molecule has 4 rings (SSSR count). The van der Waals surface area contributed by atoms with Crippen molar-refractivity contribution in [3.05, 3.63) is 71.9 Å². The van der Waals surface area contributed by atoms with Crippen molar-refractivity contribution in [1.29, 1.82) is 0 Å². The van der Waals surface area contributed by atoms with Crippen molar-refractivity contribution in [3.63, 3.8) is 0 Å². The molecule has 1 fully saturated rings. The maximum Gasteiger partial charge on any atom is 0.223 e. The zero-order valence-corrected chi connectivity index (χ0v) is 15.9. The summed E-state index contributed by atoms with van der Waals surface area (Å²) in [6.07, 6.45) is 4.50. The number of hydrogen-bond donors (Lipinski definition) is 1. The first-order valence-corrected chi connectivity index (χ1v) is 9.80. The quantitative estimate of drug-likeness (QED) is 0.746. The third kappa shape index (κ3) is 3.91. The number of hydrogen-bond acceptors (Lipinski definition) is 2. The van der Waals surface area contributed by atoms with Crippen molar-refractivity contribution in [3.8, 4) is 0 Å². The number of aromatic amines is 1. The first kappa shape index (κ1) is 17.8. The van der Waals surface area contributed by atoms with Gasteiger partial charge in [0.25, 0.3) is 0 Å². The molecule has 0 spiro atoms. The van der Waals surface area contributed by atoms with E-state index in [0.29, 0.717) is 6.42 Å². The molecule has 0 aliphatic carbocycles. The molecule has 4 heteroatoms. The van der Waals surface area contributed by atoms with Gasteiger partial charge in [-0.1, -0.05) is 48.5 Å². The Kier molecular flexibility index (Phi) is 5.26. The number of para-hydroxylation sites is 1. The first-order chi connectivity index (χ1) is 13.2. The second-order valence-electron chi connectivity index (χ2n) is 7.49. The van der Waals surface area contributed by atoms with Crippen LogP contribution in [-0.2, 0) is 11.2 Å². The fourth-order valence-corrected chi connectivity index (χ4v) is 4.09. The van der Waals surface area contributed by atoms with Crippen LogP contribution in [0, 0.1) is 0 Å². The summed E-state index contributed by atoms with van der Waals surface area (Å²) in [7, 11) is 2.13. The summed E-state index contributed by atoms with van der Waals surface area (Å²) < 4.78 is 0. The van der Waals surface area contributed by atoms with E-state index in [-0.39, 0.29) is 11.9 Å². The number of fused-ring (bicyclic) bond motifs is 1. The van der Waals surface area contributed by atoms with E-state index >= 15 is 0 Å². The molecule has 1 N–H and O–H groups in total. The molecule has 2 heterocycles. The third-order valence-corrected chi connectivity index (χ3v) is 5.60. The summed E-state index contributed by atoms with van der Waals surface area (Å²) in [6.45, 7) is 2.65. The van der Waals surface area contributed by atoms with Gasteiger partial charge in [-0.3, -0.25) is 4.79 Å². The van der Waals surface area contributed by atoms with Crippen molar-refractivity contribution >= 4 is 16.8 Å². The molecule has 1 atom stereocenters. The van der Waals surface area contributed by atoms with E-state index in [1.807, 2.05) is 12.1 Å². The fraction of sp³-hybridized carbons (Fsp3) is 0.348. The number of piperazine rings is 1. The van der Waals surface area contributed by atoms with Crippen molar-refractivity contribution < 1.29 is 4.79 Å². The molecule has 1 aromatic heterocycles. The van der Waals surface area contributed by atoms with Crippen LogP contribution >= 0.6 is 0 Å². The molecule has 2 aromatic carbocycles. The maximum absolute atomic E-state index is 13.0. The number of likely N-dealkylation sites (N-methyl/N-ethyl adjacent to an activating group) is 1. The molecule has 4 nitrogen and oxygen atoms in total. The van der Waals surface area contributed by atoms with E-state index in [2.05, 4.69) is 70.5 Å². The lowest BCUT2D eigenvalue weighted by Crippen LogP contribution is -2.49. The van der Waals surface area contributed by atoms with Crippen LogP contribution in [0.5, 0.6) is 0 Å². The van der Waals surface area contributed by atoms with Crippen molar-refractivity contribution in [2.45, 2.75) is 25.3 Å². The zero-order valence-electron chi connectivity index (χ0n) is 15.9. The number of nitrogens with one attached hydrogen (secondary N) is 1. The highest BCUT2D eigenvalue weighted by Crippen LogP contribution is 2.26. The zero-order chi connectivity index (χ0) is 18.6. The van der Waals surface area contributed by atoms with E-state index < -0.39 is 0 Å². The highest BCUT2D eigenvalue weighted by atomic mass is 16.2. The molecule has 1 saturated heterocycles. The second-order valence-corrected chi connectivity index (χ2v) is 7.49. The average Bonchev–Trinajstić information content (AvgIpc) is 3.12. The number of nitrogens with zero attached hydrogens (tertiary/aromatic N) is 2. The van der Waals surface area contributed by atoms with Gasteiger partial charge in [0, 0.05) is 43.2 Å². The van der Waals surface area contributed by atoms with Gasteiger partial charge in [-0.15, -0.1) is 0 Å². The number of H-pyrrole nitrogens is 1. The van der Waals surface area contributed by atoms with Crippen LogP contribution in [0.4, 0.5) is 0 Å². The van der Waals surface area contributed by atoms with Crippen LogP contribution < -0.4 is 0 Å². The van der Waals surface area contributed by atoms with Gasteiger partial charge in [-0.05, 0) is 37.1 Å². The summed E-state index contributed by atoms with van der Waals surface area (Å²) >= 11 is 0.